The molecule has 0 aromatic heterocycles. The van der Waals surface area contributed by atoms with Gasteiger partial charge in [-0.05, 0) is 37.6 Å². The molecule has 1 atom stereocenters. The van der Waals surface area contributed by atoms with Gasteiger partial charge in [0.25, 0.3) is 0 Å². The van der Waals surface area contributed by atoms with Gasteiger partial charge < -0.3 is 15.0 Å². The lowest BCUT2D eigenvalue weighted by Crippen LogP contribution is -2.50. The minimum Gasteiger partial charge on any atom is -0.495 e. The van der Waals surface area contributed by atoms with Crippen LogP contribution in [0, 0.1) is 12.7 Å². The van der Waals surface area contributed by atoms with Gasteiger partial charge in [0.2, 0.25) is 21.8 Å². The number of nitrogens with zero attached hydrogens (tertiary/aromatic N) is 2. The summed E-state index contributed by atoms with van der Waals surface area (Å²) in [5, 5.41) is 2.46. The Hall–Kier alpha value is -3.14. The van der Waals surface area contributed by atoms with Gasteiger partial charge in [-0.3, -0.25) is 13.9 Å². The van der Waals surface area contributed by atoms with Crippen LogP contribution < -0.4 is 14.4 Å². The third kappa shape index (κ3) is 5.97. The van der Waals surface area contributed by atoms with Crippen molar-refractivity contribution in [3.63, 3.8) is 0 Å². The van der Waals surface area contributed by atoms with E-state index in [2.05, 4.69) is 5.32 Å². The monoisotopic (exact) mass is 465 g/mol. The summed E-state index contributed by atoms with van der Waals surface area (Å²) in [6.45, 7) is 2.48. The molecule has 1 unspecified atom stereocenters. The summed E-state index contributed by atoms with van der Waals surface area (Å²) in [6.07, 6.45) is 0.978. The number of ether oxygens (including phenoxy) is 1. The zero-order valence-corrected chi connectivity index (χ0v) is 19.6. The van der Waals surface area contributed by atoms with Crippen molar-refractivity contribution in [1.82, 2.24) is 10.2 Å². The first-order chi connectivity index (χ1) is 15.0. The number of anilines is 1. The van der Waals surface area contributed by atoms with Crippen molar-refractivity contribution in [1.29, 1.82) is 0 Å². The molecule has 0 heterocycles. The summed E-state index contributed by atoms with van der Waals surface area (Å²) in [4.78, 5) is 26.7. The number of nitrogens with one attached hydrogen (secondary N) is 1. The number of sulfonamides is 1. The quantitative estimate of drug-likeness (QED) is 0.612. The van der Waals surface area contributed by atoms with Crippen molar-refractivity contribution in [2.24, 2.45) is 0 Å². The first kappa shape index (κ1) is 25.1. The number of hydrogen-bond acceptors (Lipinski definition) is 5. The fourth-order valence-corrected chi connectivity index (χ4v) is 4.04. The maximum atomic E-state index is 14.3. The highest BCUT2D eigenvalue weighted by molar-refractivity contribution is 7.92. The van der Waals surface area contributed by atoms with Gasteiger partial charge in [0.1, 0.15) is 24.2 Å². The lowest BCUT2D eigenvalue weighted by Gasteiger charge is -2.31. The van der Waals surface area contributed by atoms with Gasteiger partial charge >= 0.3 is 0 Å². The second-order valence-electron chi connectivity index (χ2n) is 7.35. The Balaban J connectivity index is 2.47. The van der Waals surface area contributed by atoms with Crippen molar-refractivity contribution >= 4 is 27.5 Å². The fourth-order valence-electron chi connectivity index (χ4n) is 3.19. The number of aryl methyl sites for hydroxylation is 1. The van der Waals surface area contributed by atoms with Crippen LogP contribution in [-0.2, 0) is 26.2 Å². The molecule has 174 valence electrons. The van der Waals surface area contributed by atoms with E-state index in [4.69, 9.17) is 4.74 Å². The van der Waals surface area contributed by atoms with E-state index in [9.17, 15) is 22.4 Å². The fraction of sp³-hybridized carbons (Fsp3) is 0.364. The van der Waals surface area contributed by atoms with Crippen LogP contribution in [0.4, 0.5) is 10.1 Å². The van der Waals surface area contributed by atoms with E-state index in [0.717, 1.165) is 21.0 Å². The first-order valence-corrected chi connectivity index (χ1v) is 11.7. The van der Waals surface area contributed by atoms with Crippen LogP contribution in [0.25, 0.3) is 0 Å². The van der Waals surface area contributed by atoms with Crippen LogP contribution in [0.15, 0.2) is 42.5 Å². The molecule has 2 amide bonds. The van der Waals surface area contributed by atoms with Gasteiger partial charge in [0, 0.05) is 19.2 Å². The zero-order chi connectivity index (χ0) is 24.1. The molecule has 1 N–H and O–H groups in total. The SMILES string of the molecule is CNC(=O)C(C)N(Cc1ccccc1F)C(=O)CN(c1cc(C)ccc1OC)S(C)(=O)=O. The van der Waals surface area contributed by atoms with Crippen LogP contribution in [0.5, 0.6) is 5.75 Å². The number of benzene rings is 2. The van der Waals surface area contributed by atoms with Crippen molar-refractivity contribution in [3.8, 4) is 5.75 Å². The van der Waals surface area contributed by atoms with Crippen LogP contribution in [0.2, 0.25) is 0 Å². The number of likely N-dealkylation sites (N-methyl/N-ethyl adjacent to an activating group) is 1. The average Bonchev–Trinajstić information content (AvgIpc) is 2.74. The van der Waals surface area contributed by atoms with E-state index in [1.54, 1.807) is 31.2 Å². The summed E-state index contributed by atoms with van der Waals surface area (Å²) in [6, 6.07) is 9.88. The number of rotatable bonds is 9. The van der Waals surface area contributed by atoms with E-state index in [1.807, 2.05) is 0 Å². The van der Waals surface area contributed by atoms with Crippen molar-refractivity contribution in [2.75, 3.05) is 31.3 Å². The highest BCUT2D eigenvalue weighted by Crippen LogP contribution is 2.31. The maximum Gasteiger partial charge on any atom is 0.244 e. The molecule has 0 fully saturated rings. The van der Waals surface area contributed by atoms with Crippen LogP contribution in [0.1, 0.15) is 18.1 Å². The predicted molar refractivity (Wildman–Crippen MR) is 120 cm³/mol. The summed E-state index contributed by atoms with van der Waals surface area (Å²) < 4.78 is 45.7. The molecule has 0 spiro atoms. The average molecular weight is 466 g/mol. The topological polar surface area (TPSA) is 96.0 Å². The molecule has 32 heavy (non-hydrogen) atoms. The van der Waals surface area contributed by atoms with E-state index in [0.29, 0.717) is 0 Å². The van der Waals surface area contributed by atoms with Gasteiger partial charge in [0.15, 0.2) is 0 Å². The summed E-state index contributed by atoms with van der Waals surface area (Å²) >= 11 is 0. The Morgan fingerprint density at radius 1 is 1.19 bits per heavy atom. The van der Waals surface area contributed by atoms with Crippen molar-refractivity contribution in [3.05, 3.63) is 59.4 Å². The molecule has 0 saturated carbocycles. The van der Waals surface area contributed by atoms with Crippen LogP contribution >= 0.6 is 0 Å². The van der Waals surface area contributed by atoms with E-state index < -0.39 is 40.2 Å². The molecule has 0 radical (unpaired) electrons. The van der Waals surface area contributed by atoms with E-state index in [-0.39, 0.29) is 23.5 Å². The minimum absolute atomic E-state index is 0.196. The van der Waals surface area contributed by atoms with Gasteiger partial charge in [-0.15, -0.1) is 0 Å². The number of amides is 2. The Morgan fingerprint density at radius 3 is 2.41 bits per heavy atom. The Morgan fingerprint density at radius 2 is 1.84 bits per heavy atom. The van der Waals surface area contributed by atoms with Crippen LogP contribution in [0.3, 0.4) is 0 Å². The maximum absolute atomic E-state index is 14.3. The molecule has 10 heteroatoms. The summed E-state index contributed by atoms with van der Waals surface area (Å²) in [7, 11) is -1.08. The predicted octanol–water partition coefficient (Wildman–Crippen LogP) is 2.07. The lowest BCUT2D eigenvalue weighted by atomic mass is 10.1. The molecule has 0 bridgehead atoms. The minimum atomic E-state index is -3.90. The molecule has 2 aromatic carbocycles. The Kier molecular flexibility index (Phi) is 8.20. The van der Waals surface area contributed by atoms with Crippen LogP contribution in [-0.4, -0.2) is 58.1 Å². The number of carbonyl (C=O) groups excluding carboxylic acids is 2. The number of halogens is 1. The second kappa shape index (κ2) is 10.4. The van der Waals surface area contributed by atoms with Gasteiger partial charge in [-0.25, -0.2) is 12.8 Å². The van der Waals surface area contributed by atoms with Crippen molar-refractivity contribution < 1.29 is 27.1 Å². The van der Waals surface area contributed by atoms with Gasteiger partial charge in [-0.2, -0.15) is 0 Å². The number of hydrogen-bond donors (Lipinski definition) is 1. The van der Waals surface area contributed by atoms with Gasteiger partial charge in [-0.1, -0.05) is 24.3 Å². The molecular weight excluding hydrogens is 437 g/mol. The standard InChI is InChI=1S/C22H28FN3O5S/c1-15-10-11-20(31-4)19(12-15)26(32(5,29)30)14-21(27)25(16(2)22(28)24-3)13-17-8-6-7-9-18(17)23/h6-12,16H,13-14H2,1-5H3,(H,24,28). The smallest absolute Gasteiger partial charge is 0.244 e. The number of carbonyl (C=O) groups is 2. The highest BCUT2D eigenvalue weighted by atomic mass is 32.2. The molecule has 2 rings (SSSR count). The highest BCUT2D eigenvalue weighted by Gasteiger charge is 2.31. The van der Waals surface area contributed by atoms with Crippen molar-refractivity contribution in [2.45, 2.75) is 26.4 Å². The van der Waals surface area contributed by atoms with Gasteiger partial charge in [0.05, 0.1) is 19.1 Å². The number of methoxy groups -OCH3 is 1. The summed E-state index contributed by atoms with van der Waals surface area (Å²) in [5.74, 6) is -1.39. The second-order valence-corrected chi connectivity index (χ2v) is 9.26. The summed E-state index contributed by atoms with van der Waals surface area (Å²) in [5.41, 5.74) is 1.17. The third-order valence-corrected chi connectivity index (χ3v) is 6.12. The first-order valence-electron chi connectivity index (χ1n) is 9.86. The third-order valence-electron chi connectivity index (χ3n) is 4.99. The normalized spacial score (nSPS) is 12.1. The molecular formula is C22H28FN3O5S. The largest absolute Gasteiger partial charge is 0.495 e. The molecule has 0 saturated heterocycles. The van der Waals surface area contributed by atoms with E-state index in [1.165, 1.54) is 39.3 Å². The molecule has 8 nitrogen and oxygen atoms in total. The Bertz CT molecular complexity index is 1090. The molecule has 0 aliphatic rings. The Labute approximate surface area is 188 Å². The molecule has 2 aromatic rings. The van der Waals surface area contributed by atoms with E-state index >= 15 is 0 Å². The molecule has 0 aliphatic heterocycles. The zero-order valence-electron chi connectivity index (χ0n) is 18.8. The lowest BCUT2D eigenvalue weighted by molar-refractivity contribution is -0.139. The molecule has 0 aliphatic carbocycles.